The number of likely N-dealkylation sites (N-methyl/N-ethyl adjacent to an activating group) is 1. The highest BCUT2D eigenvalue weighted by atomic mass is 19.4. The van der Waals surface area contributed by atoms with Gasteiger partial charge < -0.3 is 14.6 Å². The van der Waals surface area contributed by atoms with E-state index in [1.54, 1.807) is 25.1 Å². The molecule has 0 bridgehead atoms. The number of hydrogen-bond donors (Lipinski definition) is 1. The van der Waals surface area contributed by atoms with Gasteiger partial charge in [0.05, 0.1) is 26.9 Å². The minimum absolute atomic E-state index is 0.139. The second-order valence-corrected chi connectivity index (χ2v) is 4.57. The molecule has 0 spiro atoms. The van der Waals surface area contributed by atoms with Crippen molar-refractivity contribution >= 4 is 0 Å². The average molecular weight is 307 g/mol. The van der Waals surface area contributed by atoms with Crippen LogP contribution in [0.3, 0.4) is 0 Å². The summed E-state index contributed by atoms with van der Waals surface area (Å²) < 4.78 is 47.5. The lowest BCUT2D eigenvalue weighted by Crippen LogP contribution is -2.37. The number of alkyl halides is 3. The lowest BCUT2D eigenvalue weighted by atomic mass is 10.1. The molecule has 7 heteroatoms. The Morgan fingerprint density at radius 3 is 2.38 bits per heavy atom. The van der Waals surface area contributed by atoms with Gasteiger partial charge in [0.15, 0.2) is 0 Å². The average Bonchev–Trinajstić information content (AvgIpc) is 2.44. The Hall–Kier alpha value is -1.47. The van der Waals surface area contributed by atoms with Crippen molar-refractivity contribution in [3.05, 3.63) is 23.8 Å². The largest absolute Gasteiger partial charge is 0.497 e. The van der Waals surface area contributed by atoms with E-state index in [0.717, 1.165) is 4.90 Å². The fourth-order valence-electron chi connectivity index (χ4n) is 2.00. The summed E-state index contributed by atoms with van der Waals surface area (Å²) in [5, 5.41) is 10.2. The molecule has 0 fully saturated rings. The van der Waals surface area contributed by atoms with E-state index in [1.807, 2.05) is 0 Å². The van der Waals surface area contributed by atoms with Gasteiger partial charge >= 0.3 is 6.18 Å². The number of hydrogen-bond acceptors (Lipinski definition) is 4. The maximum Gasteiger partial charge on any atom is 0.401 e. The monoisotopic (exact) mass is 307 g/mol. The molecule has 4 nitrogen and oxygen atoms in total. The normalized spacial score (nSPS) is 13.3. The van der Waals surface area contributed by atoms with Gasteiger partial charge in [0.25, 0.3) is 0 Å². The molecule has 1 unspecified atom stereocenters. The molecule has 1 aromatic carbocycles. The summed E-state index contributed by atoms with van der Waals surface area (Å²) >= 11 is 0. The van der Waals surface area contributed by atoms with Gasteiger partial charge in [-0.1, -0.05) is 6.92 Å². The van der Waals surface area contributed by atoms with Crippen LogP contribution in [0.2, 0.25) is 0 Å². The maximum absolute atomic E-state index is 12.4. The van der Waals surface area contributed by atoms with Crippen molar-refractivity contribution in [2.75, 3.05) is 33.9 Å². The fraction of sp³-hybridized carbons (Fsp3) is 0.571. The summed E-state index contributed by atoms with van der Waals surface area (Å²) in [7, 11) is 2.91. The molecule has 0 saturated heterocycles. The van der Waals surface area contributed by atoms with E-state index < -0.39 is 18.8 Å². The number of aliphatic hydroxyl groups is 1. The number of ether oxygens (including phenoxy) is 2. The topological polar surface area (TPSA) is 41.9 Å². The third-order valence-corrected chi connectivity index (χ3v) is 3.08. The Balaban J connectivity index is 2.88. The molecule has 0 aliphatic heterocycles. The molecule has 0 aliphatic carbocycles. The molecule has 0 radical (unpaired) electrons. The second-order valence-electron chi connectivity index (χ2n) is 4.57. The molecular formula is C14H20F3NO3. The van der Waals surface area contributed by atoms with Gasteiger partial charge in [0.1, 0.15) is 11.5 Å². The number of methoxy groups -OCH3 is 2. The van der Waals surface area contributed by atoms with Gasteiger partial charge in [0.2, 0.25) is 0 Å². The Morgan fingerprint density at radius 1 is 1.24 bits per heavy atom. The van der Waals surface area contributed by atoms with Crippen molar-refractivity contribution in [1.82, 2.24) is 4.90 Å². The first-order chi connectivity index (χ1) is 9.80. The van der Waals surface area contributed by atoms with E-state index in [4.69, 9.17) is 9.47 Å². The standard InChI is InChI=1S/C14H20F3NO3/c1-4-18(9-14(15,16)17)8-12(19)11-7-10(20-2)5-6-13(11)21-3/h5-7,12,19H,4,8-9H2,1-3H3. The number of rotatable bonds is 7. The van der Waals surface area contributed by atoms with E-state index in [0.29, 0.717) is 17.1 Å². The van der Waals surface area contributed by atoms with Gasteiger partial charge in [-0.25, -0.2) is 0 Å². The predicted molar refractivity (Wildman–Crippen MR) is 72.7 cm³/mol. The van der Waals surface area contributed by atoms with Crippen molar-refractivity contribution in [3.8, 4) is 11.5 Å². The number of halogens is 3. The molecule has 0 aromatic heterocycles. The Morgan fingerprint density at radius 2 is 1.90 bits per heavy atom. The first kappa shape index (κ1) is 17.6. The molecule has 1 aromatic rings. The van der Waals surface area contributed by atoms with Crippen LogP contribution >= 0.6 is 0 Å². The van der Waals surface area contributed by atoms with Gasteiger partial charge in [-0.2, -0.15) is 13.2 Å². The smallest absolute Gasteiger partial charge is 0.401 e. The van der Waals surface area contributed by atoms with Crippen LogP contribution in [0.1, 0.15) is 18.6 Å². The van der Waals surface area contributed by atoms with Crippen LogP contribution in [0.5, 0.6) is 11.5 Å². The highest BCUT2D eigenvalue weighted by Crippen LogP contribution is 2.30. The van der Waals surface area contributed by atoms with Gasteiger partial charge in [-0.3, -0.25) is 4.90 Å². The van der Waals surface area contributed by atoms with Crippen molar-refractivity contribution in [2.45, 2.75) is 19.2 Å². The third-order valence-electron chi connectivity index (χ3n) is 3.08. The van der Waals surface area contributed by atoms with Crippen LogP contribution in [-0.4, -0.2) is 50.0 Å². The van der Waals surface area contributed by atoms with Crippen LogP contribution in [-0.2, 0) is 0 Å². The summed E-state index contributed by atoms with van der Waals surface area (Å²) in [5.74, 6) is 0.912. The van der Waals surface area contributed by atoms with Crippen LogP contribution < -0.4 is 9.47 Å². The number of nitrogens with zero attached hydrogens (tertiary/aromatic N) is 1. The zero-order chi connectivity index (χ0) is 16.0. The Labute approximate surface area is 122 Å². The fourth-order valence-corrected chi connectivity index (χ4v) is 2.00. The highest BCUT2D eigenvalue weighted by molar-refractivity contribution is 5.41. The predicted octanol–water partition coefficient (Wildman–Crippen LogP) is 2.62. The molecule has 1 N–H and O–H groups in total. The summed E-state index contributed by atoms with van der Waals surface area (Å²) in [5.41, 5.74) is 0.400. The van der Waals surface area contributed by atoms with Crippen LogP contribution in [0.4, 0.5) is 13.2 Å². The zero-order valence-electron chi connectivity index (χ0n) is 12.3. The SMILES string of the molecule is CCN(CC(O)c1cc(OC)ccc1OC)CC(F)(F)F. The van der Waals surface area contributed by atoms with E-state index in [2.05, 4.69) is 0 Å². The molecule has 1 rings (SSSR count). The highest BCUT2D eigenvalue weighted by Gasteiger charge is 2.31. The molecule has 120 valence electrons. The Bertz CT molecular complexity index is 452. The summed E-state index contributed by atoms with van der Waals surface area (Å²) in [6.45, 7) is 0.594. The van der Waals surface area contributed by atoms with Gasteiger partial charge in [0, 0.05) is 12.1 Å². The van der Waals surface area contributed by atoms with Gasteiger partial charge in [-0.05, 0) is 24.7 Å². The van der Waals surface area contributed by atoms with Crippen LogP contribution in [0.25, 0.3) is 0 Å². The summed E-state index contributed by atoms with van der Waals surface area (Å²) in [4.78, 5) is 1.13. The third kappa shape index (κ3) is 5.43. The van der Waals surface area contributed by atoms with E-state index in [-0.39, 0.29) is 13.1 Å². The van der Waals surface area contributed by atoms with Crippen LogP contribution in [0, 0.1) is 0 Å². The molecule has 0 saturated carbocycles. The van der Waals surface area contributed by atoms with Crippen LogP contribution in [0.15, 0.2) is 18.2 Å². The molecule has 0 heterocycles. The van der Waals surface area contributed by atoms with Gasteiger partial charge in [-0.15, -0.1) is 0 Å². The van der Waals surface area contributed by atoms with E-state index in [9.17, 15) is 18.3 Å². The molecule has 0 amide bonds. The van der Waals surface area contributed by atoms with Crippen molar-refractivity contribution in [1.29, 1.82) is 0 Å². The molecule has 0 aliphatic rings. The number of aliphatic hydroxyl groups excluding tert-OH is 1. The minimum atomic E-state index is -4.30. The lowest BCUT2D eigenvalue weighted by Gasteiger charge is -2.25. The first-order valence-corrected chi connectivity index (χ1v) is 6.49. The maximum atomic E-state index is 12.4. The molecule has 1 atom stereocenters. The van der Waals surface area contributed by atoms with E-state index >= 15 is 0 Å². The molecular weight excluding hydrogens is 287 g/mol. The van der Waals surface area contributed by atoms with E-state index in [1.165, 1.54) is 14.2 Å². The lowest BCUT2D eigenvalue weighted by molar-refractivity contribution is -0.148. The second kappa shape index (κ2) is 7.51. The van der Waals surface area contributed by atoms with Crippen molar-refractivity contribution < 1.29 is 27.8 Å². The summed E-state index contributed by atoms with van der Waals surface area (Å²) in [6, 6.07) is 4.82. The minimum Gasteiger partial charge on any atom is -0.497 e. The van der Waals surface area contributed by atoms with Crippen molar-refractivity contribution in [3.63, 3.8) is 0 Å². The zero-order valence-corrected chi connectivity index (χ0v) is 12.3. The first-order valence-electron chi connectivity index (χ1n) is 6.49. The summed E-state index contributed by atoms with van der Waals surface area (Å²) in [6.07, 6.45) is -5.40. The Kier molecular flexibility index (Phi) is 6.29. The quantitative estimate of drug-likeness (QED) is 0.841. The van der Waals surface area contributed by atoms with Crippen molar-refractivity contribution in [2.24, 2.45) is 0 Å². The molecule has 21 heavy (non-hydrogen) atoms. The number of benzene rings is 1.